The van der Waals surface area contributed by atoms with Crippen LogP contribution in [0, 0.1) is 5.82 Å². The second-order valence-electron chi connectivity index (χ2n) is 4.89. The van der Waals surface area contributed by atoms with E-state index in [9.17, 15) is 9.18 Å². The third kappa shape index (κ3) is 3.37. The third-order valence-electron chi connectivity index (χ3n) is 3.30. The Morgan fingerprint density at radius 1 is 1.26 bits per heavy atom. The van der Waals surface area contributed by atoms with Crippen LogP contribution >= 0.6 is 0 Å². The molecule has 0 unspecified atom stereocenters. The molecule has 5 nitrogen and oxygen atoms in total. The second kappa shape index (κ2) is 6.31. The van der Waals surface area contributed by atoms with E-state index >= 15 is 0 Å². The van der Waals surface area contributed by atoms with Gasteiger partial charge < -0.3 is 9.72 Å². The first-order valence-corrected chi connectivity index (χ1v) is 6.91. The number of amides is 1. The summed E-state index contributed by atoms with van der Waals surface area (Å²) in [7, 11) is 1.59. The minimum absolute atomic E-state index is 0.357. The van der Waals surface area contributed by atoms with Crippen LogP contribution in [0.3, 0.4) is 0 Å². The molecule has 3 rings (SSSR count). The van der Waals surface area contributed by atoms with Crippen molar-refractivity contribution >= 4 is 23.0 Å². The molecule has 1 amide bonds. The molecule has 2 N–H and O–H groups in total. The van der Waals surface area contributed by atoms with Gasteiger partial charge >= 0.3 is 0 Å². The molecule has 2 aromatic carbocycles. The molecule has 0 aliphatic carbocycles. The molecule has 0 radical (unpaired) electrons. The Bertz CT molecular complexity index is 886. The smallest absolute Gasteiger partial charge is 0.287 e. The van der Waals surface area contributed by atoms with E-state index in [0.29, 0.717) is 17.0 Å². The van der Waals surface area contributed by atoms with Crippen LogP contribution in [-0.2, 0) is 0 Å². The van der Waals surface area contributed by atoms with Crippen molar-refractivity contribution in [3.8, 4) is 5.75 Å². The van der Waals surface area contributed by atoms with Crippen molar-refractivity contribution in [2.45, 2.75) is 0 Å². The Morgan fingerprint density at radius 3 is 2.91 bits per heavy atom. The molecule has 0 bridgehead atoms. The van der Waals surface area contributed by atoms with Crippen molar-refractivity contribution in [3.05, 3.63) is 65.6 Å². The number of H-pyrrole nitrogens is 1. The number of fused-ring (bicyclic) bond motifs is 1. The zero-order valence-corrected chi connectivity index (χ0v) is 12.3. The van der Waals surface area contributed by atoms with Crippen molar-refractivity contribution in [3.63, 3.8) is 0 Å². The van der Waals surface area contributed by atoms with Crippen molar-refractivity contribution in [1.82, 2.24) is 10.4 Å². The van der Waals surface area contributed by atoms with Gasteiger partial charge in [-0.15, -0.1) is 0 Å². The van der Waals surface area contributed by atoms with Crippen LogP contribution in [0.25, 0.3) is 10.9 Å². The van der Waals surface area contributed by atoms with Crippen molar-refractivity contribution in [2.24, 2.45) is 5.10 Å². The maximum Gasteiger partial charge on any atom is 0.287 e. The molecule has 0 atom stereocenters. The molecule has 1 aromatic heterocycles. The number of aromatic amines is 1. The van der Waals surface area contributed by atoms with Gasteiger partial charge in [-0.1, -0.05) is 12.1 Å². The highest BCUT2D eigenvalue weighted by molar-refractivity contribution is 5.98. The number of hydrogen-bond donors (Lipinski definition) is 2. The van der Waals surface area contributed by atoms with Gasteiger partial charge in [0.2, 0.25) is 0 Å². The zero-order valence-electron chi connectivity index (χ0n) is 12.3. The minimum atomic E-state index is -0.382. The third-order valence-corrected chi connectivity index (χ3v) is 3.30. The molecular weight excluding hydrogens is 297 g/mol. The van der Waals surface area contributed by atoms with Gasteiger partial charge in [-0.2, -0.15) is 5.10 Å². The Hall–Kier alpha value is -3.15. The highest BCUT2D eigenvalue weighted by atomic mass is 19.1. The lowest BCUT2D eigenvalue weighted by molar-refractivity contribution is 0.0951. The fraction of sp³-hybridized carbons (Fsp3) is 0.0588. The van der Waals surface area contributed by atoms with Crippen molar-refractivity contribution in [1.29, 1.82) is 0 Å². The van der Waals surface area contributed by atoms with E-state index in [1.807, 2.05) is 18.2 Å². The van der Waals surface area contributed by atoms with E-state index < -0.39 is 0 Å². The molecular formula is C17H14FN3O2. The topological polar surface area (TPSA) is 66.5 Å². The summed E-state index contributed by atoms with van der Waals surface area (Å²) in [5, 5.41) is 4.69. The lowest BCUT2D eigenvalue weighted by atomic mass is 10.2. The molecule has 1 heterocycles. The first-order chi connectivity index (χ1) is 11.2. The fourth-order valence-corrected chi connectivity index (χ4v) is 2.17. The number of hydrazone groups is 1. The van der Waals surface area contributed by atoms with Gasteiger partial charge in [0.15, 0.2) is 0 Å². The minimum Gasteiger partial charge on any atom is -0.497 e. The van der Waals surface area contributed by atoms with Gasteiger partial charge in [0.25, 0.3) is 5.91 Å². The Labute approximate surface area is 131 Å². The summed E-state index contributed by atoms with van der Waals surface area (Å²) in [4.78, 5) is 15.1. The Kier molecular flexibility index (Phi) is 4.05. The quantitative estimate of drug-likeness (QED) is 0.574. The number of nitrogens with zero attached hydrogens (tertiary/aromatic N) is 1. The number of carbonyl (C=O) groups is 1. The second-order valence-corrected chi connectivity index (χ2v) is 4.89. The van der Waals surface area contributed by atoms with E-state index in [1.165, 1.54) is 18.3 Å². The van der Waals surface area contributed by atoms with Crippen LogP contribution in [0.5, 0.6) is 5.75 Å². The van der Waals surface area contributed by atoms with Crippen LogP contribution in [-0.4, -0.2) is 24.2 Å². The van der Waals surface area contributed by atoms with Gasteiger partial charge in [0.1, 0.15) is 17.3 Å². The van der Waals surface area contributed by atoms with Crippen LogP contribution < -0.4 is 10.2 Å². The lowest BCUT2D eigenvalue weighted by Gasteiger charge is -1.97. The number of ether oxygens (including phenoxy) is 1. The van der Waals surface area contributed by atoms with Crippen molar-refractivity contribution in [2.75, 3.05) is 7.11 Å². The van der Waals surface area contributed by atoms with E-state index in [-0.39, 0.29) is 11.7 Å². The van der Waals surface area contributed by atoms with Crippen LogP contribution in [0.4, 0.5) is 4.39 Å². The normalized spacial score (nSPS) is 11.0. The SMILES string of the molecule is COc1ccc2[nH]c(C(=O)NN=Cc3cccc(F)c3)cc2c1. The van der Waals surface area contributed by atoms with E-state index in [1.54, 1.807) is 25.3 Å². The molecule has 6 heteroatoms. The van der Waals surface area contributed by atoms with Crippen LogP contribution in [0.15, 0.2) is 53.6 Å². The number of benzene rings is 2. The number of methoxy groups -OCH3 is 1. The van der Waals surface area contributed by atoms with E-state index in [0.717, 1.165) is 10.9 Å². The number of aromatic nitrogens is 1. The maximum atomic E-state index is 13.0. The van der Waals surface area contributed by atoms with Crippen molar-refractivity contribution < 1.29 is 13.9 Å². The summed E-state index contributed by atoms with van der Waals surface area (Å²) >= 11 is 0. The number of carbonyl (C=O) groups excluding carboxylic acids is 1. The predicted octanol–water partition coefficient (Wildman–Crippen LogP) is 3.08. The average molecular weight is 311 g/mol. The zero-order chi connectivity index (χ0) is 16.2. The fourth-order valence-electron chi connectivity index (χ4n) is 2.17. The average Bonchev–Trinajstić information content (AvgIpc) is 2.98. The van der Waals surface area contributed by atoms with E-state index in [2.05, 4.69) is 15.5 Å². The summed E-state index contributed by atoms with van der Waals surface area (Å²) < 4.78 is 18.2. The maximum absolute atomic E-state index is 13.0. The molecule has 0 aliphatic rings. The Balaban J connectivity index is 1.73. The summed E-state index contributed by atoms with van der Waals surface area (Å²) in [5.74, 6) is -0.0229. The van der Waals surface area contributed by atoms with Crippen LogP contribution in [0.1, 0.15) is 16.1 Å². The first-order valence-electron chi connectivity index (χ1n) is 6.91. The Morgan fingerprint density at radius 2 is 2.13 bits per heavy atom. The first kappa shape index (κ1) is 14.8. The molecule has 0 saturated heterocycles. The lowest BCUT2D eigenvalue weighted by Crippen LogP contribution is -2.17. The van der Waals surface area contributed by atoms with Gasteiger partial charge in [0, 0.05) is 10.9 Å². The monoisotopic (exact) mass is 311 g/mol. The van der Waals surface area contributed by atoms with Gasteiger partial charge in [-0.25, -0.2) is 9.82 Å². The summed E-state index contributed by atoms with van der Waals surface area (Å²) in [6.07, 6.45) is 1.38. The largest absolute Gasteiger partial charge is 0.497 e. The molecule has 0 fully saturated rings. The number of hydrogen-bond acceptors (Lipinski definition) is 3. The van der Waals surface area contributed by atoms with Gasteiger partial charge in [-0.3, -0.25) is 4.79 Å². The number of halogens is 1. The molecule has 0 spiro atoms. The van der Waals surface area contributed by atoms with Gasteiger partial charge in [0.05, 0.1) is 13.3 Å². The standard InChI is InChI=1S/C17H14FN3O2/c1-23-14-5-6-15-12(8-14)9-16(20-15)17(22)21-19-10-11-3-2-4-13(18)7-11/h2-10,20H,1H3,(H,21,22). The summed E-state index contributed by atoms with van der Waals surface area (Å²) in [5.41, 5.74) is 4.17. The molecule has 23 heavy (non-hydrogen) atoms. The molecule has 0 aliphatic heterocycles. The number of rotatable bonds is 4. The highest BCUT2D eigenvalue weighted by Gasteiger charge is 2.09. The molecule has 116 valence electrons. The highest BCUT2D eigenvalue weighted by Crippen LogP contribution is 2.21. The molecule has 3 aromatic rings. The summed E-state index contributed by atoms with van der Waals surface area (Å²) in [6, 6.07) is 13.1. The number of nitrogens with one attached hydrogen (secondary N) is 2. The molecule has 0 saturated carbocycles. The van der Waals surface area contributed by atoms with Crippen LogP contribution in [0.2, 0.25) is 0 Å². The summed E-state index contributed by atoms with van der Waals surface area (Å²) in [6.45, 7) is 0. The predicted molar refractivity (Wildman–Crippen MR) is 86.3 cm³/mol. The van der Waals surface area contributed by atoms with E-state index in [4.69, 9.17) is 4.74 Å². The van der Waals surface area contributed by atoms with Gasteiger partial charge in [-0.05, 0) is 42.0 Å².